The van der Waals surface area contributed by atoms with Crippen molar-refractivity contribution in [3.63, 3.8) is 0 Å². The predicted molar refractivity (Wildman–Crippen MR) is 55.8 cm³/mol. The van der Waals surface area contributed by atoms with E-state index in [1.807, 2.05) is 0 Å². The van der Waals surface area contributed by atoms with E-state index in [2.05, 4.69) is 10.3 Å². The highest BCUT2D eigenvalue weighted by Crippen LogP contribution is 2.25. The molecule has 2 rings (SSSR count). The van der Waals surface area contributed by atoms with Gasteiger partial charge in [0.2, 0.25) is 0 Å². The summed E-state index contributed by atoms with van der Waals surface area (Å²) >= 11 is 11.8. The molecule has 0 aromatic carbocycles. The zero-order valence-corrected chi connectivity index (χ0v) is 8.98. The molecule has 0 saturated carbocycles. The Labute approximate surface area is 92.4 Å². The normalized spacial score (nSPS) is 22.3. The van der Waals surface area contributed by atoms with Crippen LogP contribution in [0.15, 0.2) is 12.3 Å². The summed E-state index contributed by atoms with van der Waals surface area (Å²) in [6, 6.07) is 1.90. The Hall–Kier alpha value is -0.350. The quantitative estimate of drug-likeness (QED) is 0.754. The lowest BCUT2D eigenvalue weighted by molar-refractivity contribution is 0.0769. The molecule has 1 atom stereocenters. The number of nitrogens with zero attached hydrogens (tertiary/aromatic N) is 1. The fourth-order valence-electron chi connectivity index (χ4n) is 1.46. The molecular formula is C9H10Cl2N2O. The van der Waals surface area contributed by atoms with Crippen molar-refractivity contribution in [1.82, 2.24) is 10.3 Å². The standard InChI is InChI=1S/C9H10Cl2N2O/c10-7-4-13-9(11)3-6(7)8-5-14-2-1-12-8/h3-4,8,12H,1-2,5H2. The van der Waals surface area contributed by atoms with Crippen molar-refractivity contribution in [3.05, 3.63) is 28.0 Å². The number of pyridine rings is 1. The third-order valence-corrected chi connectivity index (χ3v) is 2.67. The molecule has 1 N–H and O–H groups in total. The summed E-state index contributed by atoms with van der Waals surface area (Å²) in [6.45, 7) is 2.20. The maximum atomic E-state index is 6.01. The van der Waals surface area contributed by atoms with E-state index in [0.717, 1.165) is 18.7 Å². The van der Waals surface area contributed by atoms with Gasteiger partial charge < -0.3 is 10.1 Å². The van der Waals surface area contributed by atoms with E-state index >= 15 is 0 Å². The molecule has 0 radical (unpaired) electrons. The second-order valence-corrected chi connectivity index (χ2v) is 3.90. The number of halogens is 2. The zero-order chi connectivity index (χ0) is 9.97. The van der Waals surface area contributed by atoms with Gasteiger partial charge in [-0.3, -0.25) is 0 Å². The average Bonchev–Trinajstić information content (AvgIpc) is 2.23. The summed E-state index contributed by atoms with van der Waals surface area (Å²) in [7, 11) is 0. The molecule has 0 amide bonds. The van der Waals surface area contributed by atoms with E-state index in [4.69, 9.17) is 27.9 Å². The Kier molecular flexibility index (Phi) is 3.23. The molecule has 2 heterocycles. The lowest BCUT2D eigenvalue weighted by Crippen LogP contribution is -2.34. The van der Waals surface area contributed by atoms with E-state index < -0.39 is 0 Å². The first-order valence-electron chi connectivity index (χ1n) is 4.39. The van der Waals surface area contributed by atoms with Crippen LogP contribution >= 0.6 is 23.2 Å². The monoisotopic (exact) mass is 232 g/mol. The van der Waals surface area contributed by atoms with Crippen molar-refractivity contribution in [2.75, 3.05) is 19.8 Å². The number of ether oxygens (including phenoxy) is 1. The summed E-state index contributed by atoms with van der Waals surface area (Å²) in [5, 5.41) is 4.39. The van der Waals surface area contributed by atoms with Gasteiger partial charge >= 0.3 is 0 Å². The fourth-order valence-corrected chi connectivity index (χ4v) is 1.86. The number of aromatic nitrogens is 1. The summed E-state index contributed by atoms with van der Waals surface area (Å²) < 4.78 is 5.35. The first kappa shape index (κ1) is 10.2. The van der Waals surface area contributed by atoms with Gasteiger partial charge in [0.15, 0.2) is 0 Å². The summed E-state index contributed by atoms with van der Waals surface area (Å²) in [5.74, 6) is 0. The van der Waals surface area contributed by atoms with Crippen LogP contribution in [0.25, 0.3) is 0 Å². The van der Waals surface area contributed by atoms with Crippen molar-refractivity contribution in [3.8, 4) is 0 Å². The number of morpholine rings is 1. The van der Waals surface area contributed by atoms with Crippen LogP contribution in [0.4, 0.5) is 0 Å². The van der Waals surface area contributed by atoms with E-state index in [-0.39, 0.29) is 6.04 Å². The van der Waals surface area contributed by atoms with Crippen molar-refractivity contribution in [1.29, 1.82) is 0 Å². The summed E-state index contributed by atoms with van der Waals surface area (Å²) in [6.07, 6.45) is 1.56. The van der Waals surface area contributed by atoms with Crippen molar-refractivity contribution >= 4 is 23.2 Å². The Morgan fingerprint density at radius 2 is 2.36 bits per heavy atom. The predicted octanol–water partition coefficient (Wildman–Crippen LogP) is 2.05. The third-order valence-electron chi connectivity index (χ3n) is 2.15. The number of hydrogen-bond acceptors (Lipinski definition) is 3. The zero-order valence-electron chi connectivity index (χ0n) is 7.46. The highest BCUT2D eigenvalue weighted by molar-refractivity contribution is 6.32. The fraction of sp³-hybridized carbons (Fsp3) is 0.444. The van der Waals surface area contributed by atoms with E-state index in [9.17, 15) is 0 Å². The van der Waals surface area contributed by atoms with Gasteiger partial charge in [0.05, 0.1) is 24.3 Å². The molecule has 14 heavy (non-hydrogen) atoms. The summed E-state index contributed by atoms with van der Waals surface area (Å²) in [5.41, 5.74) is 0.950. The molecule has 1 saturated heterocycles. The number of rotatable bonds is 1. The van der Waals surface area contributed by atoms with Gasteiger partial charge in [-0.25, -0.2) is 4.98 Å². The largest absolute Gasteiger partial charge is 0.378 e. The maximum Gasteiger partial charge on any atom is 0.129 e. The number of hydrogen-bond donors (Lipinski definition) is 1. The van der Waals surface area contributed by atoms with E-state index in [0.29, 0.717) is 16.8 Å². The number of nitrogens with one attached hydrogen (secondary N) is 1. The van der Waals surface area contributed by atoms with E-state index in [1.54, 1.807) is 12.3 Å². The van der Waals surface area contributed by atoms with Crippen LogP contribution in [-0.4, -0.2) is 24.7 Å². The molecule has 3 nitrogen and oxygen atoms in total. The molecule has 76 valence electrons. The molecule has 1 aromatic heterocycles. The molecular weight excluding hydrogens is 223 g/mol. The lowest BCUT2D eigenvalue weighted by Gasteiger charge is -2.24. The van der Waals surface area contributed by atoms with Crippen molar-refractivity contribution in [2.45, 2.75) is 6.04 Å². The van der Waals surface area contributed by atoms with Crippen LogP contribution in [0.1, 0.15) is 11.6 Å². The van der Waals surface area contributed by atoms with Crippen LogP contribution in [-0.2, 0) is 4.74 Å². The molecule has 0 bridgehead atoms. The van der Waals surface area contributed by atoms with Crippen LogP contribution < -0.4 is 5.32 Å². The molecule has 1 aliphatic heterocycles. The third kappa shape index (κ3) is 2.17. The molecule has 5 heteroatoms. The van der Waals surface area contributed by atoms with Gasteiger partial charge in [0.25, 0.3) is 0 Å². The van der Waals surface area contributed by atoms with Gasteiger partial charge in [0.1, 0.15) is 5.15 Å². The SMILES string of the molecule is Clc1cc(C2COCCN2)c(Cl)cn1. The van der Waals surface area contributed by atoms with Crippen molar-refractivity contribution in [2.24, 2.45) is 0 Å². The first-order valence-corrected chi connectivity index (χ1v) is 5.15. The minimum Gasteiger partial charge on any atom is -0.378 e. The molecule has 1 aliphatic rings. The Bertz CT molecular complexity index is 327. The van der Waals surface area contributed by atoms with Crippen LogP contribution in [0.3, 0.4) is 0 Å². The van der Waals surface area contributed by atoms with Gasteiger partial charge in [-0.05, 0) is 11.6 Å². The maximum absolute atomic E-state index is 6.01. The van der Waals surface area contributed by atoms with Crippen LogP contribution in [0.5, 0.6) is 0 Å². The highest BCUT2D eigenvalue weighted by Gasteiger charge is 2.18. The Morgan fingerprint density at radius 1 is 1.50 bits per heavy atom. The molecule has 0 aliphatic carbocycles. The molecule has 0 spiro atoms. The minimum atomic E-state index is 0.122. The first-order chi connectivity index (χ1) is 6.77. The minimum absolute atomic E-state index is 0.122. The van der Waals surface area contributed by atoms with Crippen molar-refractivity contribution < 1.29 is 4.74 Å². The van der Waals surface area contributed by atoms with Crippen LogP contribution in [0.2, 0.25) is 10.2 Å². The molecule has 1 fully saturated rings. The van der Waals surface area contributed by atoms with Gasteiger partial charge in [-0.15, -0.1) is 0 Å². The molecule has 1 aromatic rings. The summed E-state index contributed by atoms with van der Waals surface area (Å²) in [4.78, 5) is 3.90. The van der Waals surface area contributed by atoms with Gasteiger partial charge in [0, 0.05) is 12.7 Å². The van der Waals surface area contributed by atoms with E-state index in [1.165, 1.54) is 0 Å². The lowest BCUT2D eigenvalue weighted by atomic mass is 10.1. The average molecular weight is 233 g/mol. The van der Waals surface area contributed by atoms with Crippen LogP contribution in [0, 0.1) is 0 Å². The topological polar surface area (TPSA) is 34.1 Å². The Morgan fingerprint density at radius 3 is 3.07 bits per heavy atom. The molecule has 1 unspecified atom stereocenters. The smallest absolute Gasteiger partial charge is 0.129 e. The Balaban J connectivity index is 2.24. The van der Waals surface area contributed by atoms with Gasteiger partial charge in [-0.1, -0.05) is 23.2 Å². The second-order valence-electron chi connectivity index (χ2n) is 3.11. The highest BCUT2D eigenvalue weighted by atomic mass is 35.5. The van der Waals surface area contributed by atoms with Gasteiger partial charge in [-0.2, -0.15) is 0 Å². The second kappa shape index (κ2) is 4.45.